The Morgan fingerprint density at radius 3 is 2.86 bits per heavy atom. The van der Waals surface area contributed by atoms with Crippen molar-refractivity contribution in [3.63, 3.8) is 0 Å². The molecule has 0 bridgehead atoms. The van der Waals surface area contributed by atoms with E-state index in [4.69, 9.17) is 0 Å². The van der Waals surface area contributed by atoms with Gasteiger partial charge < -0.3 is 10.0 Å². The molecule has 2 atom stereocenters. The zero-order valence-corrected chi connectivity index (χ0v) is 13.6. The highest BCUT2D eigenvalue weighted by molar-refractivity contribution is 5.66. The molecule has 118 valence electrons. The molecule has 0 saturated heterocycles. The van der Waals surface area contributed by atoms with Gasteiger partial charge in [-0.15, -0.1) is 0 Å². The average molecular weight is 301 g/mol. The number of nitrogens with zero attached hydrogens (tertiary/aromatic N) is 3. The predicted molar refractivity (Wildman–Crippen MR) is 85.3 cm³/mol. The number of aromatic nitrogens is 2. The van der Waals surface area contributed by atoms with Gasteiger partial charge in [0.15, 0.2) is 0 Å². The minimum atomic E-state index is -0.837. The number of carboxylic acid groups (broad SMARTS) is 1. The molecule has 5 heteroatoms. The number of amides is 1. The third kappa shape index (κ3) is 2.67. The lowest BCUT2D eigenvalue weighted by molar-refractivity contribution is 0.0967. The Kier molecular flexibility index (Phi) is 3.38. The maximum absolute atomic E-state index is 11.5. The van der Waals surface area contributed by atoms with Crippen molar-refractivity contribution >= 4 is 11.6 Å². The normalized spacial score (nSPS) is 21.1. The summed E-state index contributed by atoms with van der Waals surface area (Å²) in [6.07, 6.45) is 2.17. The molecule has 1 aliphatic rings. The average Bonchev–Trinajstić information content (AvgIpc) is 3.05. The van der Waals surface area contributed by atoms with E-state index in [9.17, 15) is 9.90 Å². The first-order valence-corrected chi connectivity index (χ1v) is 7.73. The topological polar surface area (TPSA) is 57.8 Å². The zero-order chi connectivity index (χ0) is 16.1. The molecule has 0 unspecified atom stereocenters. The van der Waals surface area contributed by atoms with Gasteiger partial charge in [-0.25, -0.2) is 9.31 Å². The maximum Gasteiger partial charge on any atom is 0.407 e. The second-order valence-corrected chi connectivity index (χ2v) is 7.25. The van der Waals surface area contributed by atoms with E-state index >= 15 is 0 Å². The quantitative estimate of drug-likeness (QED) is 0.943. The van der Waals surface area contributed by atoms with Crippen LogP contribution in [0.2, 0.25) is 0 Å². The summed E-state index contributed by atoms with van der Waals surface area (Å²) in [5.74, 6) is 0.834. The van der Waals surface area contributed by atoms with E-state index in [1.807, 2.05) is 44.5 Å². The van der Waals surface area contributed by atoms with Gasteiger partial charge >= 0.3 is 6.09 Å². The molecule has 0 aliphatic heterocycles. The van der Waals surface area contributed by atoms with E-state index in [1.54, 1.807) is 4.90 Å². The van der Waals surface area contributed by atoms with Crippen LogP contribution in [0.4, 0.5) is 4.79 Å². The summed E-state index contributed by atoms with van der Waals surface area (Å²) in [6.45, 7) is 8.42. The monoisotopic (exact) mass is 301 g/mol. The third-order valence-corrected chi connectivity index (χ3v) is 4.44. The van der Waals surface area contributed by atoms with Crippen molar-refractivity contribution in [2.24, 2.45) is 5.92 Å². The highest BCUT2D eigenvalue weighted by Gasteiger charge is 2.43. The Morgan fingerprint density at radius 2 is 2.23 bits per heavy atom. The predicted octanol–water partition coefficient (Wildman–Crippen LogP) is 3.52. The maximum atomic E-state index is 11.5. The van der Waals surface area contributed by atoms with E-state index in [0.717, 1.165) is 17.6 Å². The molecule has 0 radical (unpaired) electrons. The fourth-order valence-electron chi connectivity index (χ4n) is 3.18. The minimum Gasteiger partial charge on any atom is -0.465 e. The summed E-state index contributed by atoms with van der Waals surface area (Å²) in [7, 11) is 0. The van der Waals surface area contributed by atoms with Gasteiger partial charge in [0, 0.05) is 18.3 Å². The first kappa shape index (κ1) is 14.9. The van der Waals surface area contributed by atoms with Crippen molar-refractivity contribution in [3.05, 3.63) is 35.7 Å². The third-order valence-electron chi connectivity index (χ3n) is 4.44. The van der Waals surface area contributed by atoms with Gasteiger partial charge in [-0.2, -0.15) is 5.10 Å². The molecule has 1 saturated carbocycles. The lowest BCUT2D eigenvalue weighted by atomic mass is 10.0. The smallest absolute Gasteiger partial charge is 0.407 e. The number of hydrogen-bond donors (Lipinski definition) is 1. The number of fused-ring (bicyclic) bond motifs is 1. The second kappa shape index (κ2) is 5.00. The lowest BCUT2D eigenvalue weighted by Crippen LogP contribution is -2.46. The second-order valence-electron chi connectivity index (χ2n) is 7.25. The van der Waals surface area contributed by atoms with Crippen molar-refractivity contribution in [2.75, 3.05) is 6.54 Å². The number of pyridine rings is 1. The van der Waals surface area contributed by atoms with E-state index in [-0.39, 0.29) is 5.54 Å². The molecule has 1 N–H and O–H groups in total. The van der Waals surface area contributed by atoms with Gasteiger partial charge in [0.2, 0.25) is 0 Å². The first-order valence-electron chi connectivity index (χ1n) is 7.73. The Morgan fingerprint density at radius 1 is 1.50 bits per heavy atom. The molecule has 2 aromatic rings. The van der Waals surface area contributed by atoms with Crippen LogP contribution in [0.5, 0.6) is 0 Å². The number of rotatable bonds is 3. The fraction of sp³-hybridized carbons (Fsp3) is 0.529. The number of aryl methyl sites for hydroxylation is 1. The molecular formula is C17H23N3O2. The van der Waals surface area contributed by atoms with E-state index < -0.39 is 6.09 Å². The van der Waals surface area contributed by atoms with Crippen LogP contribution in [0, 0.1) is 12.8 Å². The highest BCUT2D eigenvalue weighted by Crippen LogP contribution is 2.49. The van der Waals surface area contributed by atoms with Crippen LogP contribution in [0.15, 0.2) is 24.4 Å². The van der Waals surface area contributed by atoms with Crippen LogP contribution in [0.3, 0.4) is 0 Å². The van der Waals surface area contributed by atoms with Gasteiger partial charge in [-0.3, -0.25) is 0 Å². The molecular weight excluding hydrogens is 278 g/mol. The molecule has 0 aromatic carbocycles. The molecule has 22 heavy (non-hydrogen) atoms. The largest absolute Gasteiger partial charge is 0.465 e. The molecule has 1 amide bonds. The number of carbonyl (C=O) groups is 1. The van der Waals surface area contributed by atoms with Crippen LogP contribution < -0.4 is 0 Å². The van der Waals surface area contributed by atoms with Crippen LogP contribution >= 0.6 is 0 Å². The molecule has 2 heterocycles. The van der Waals surface area contributed by atoms with Crippen LogP contribution in [-0.4, -0.2) is 37.8 Å². The van der Waals surface area contributed by atoms with E-state index in [2.05, 4.69) is 17.2 Å². The summed E-state index contributed by atoms with van der Waals surface area (Å²) < 4.78 is 1.92. The number of hydrogen-bond acceptors (Lipinski definition) is 2. The summed E-state index contributed by atoms with van der Waals surface area (Å²) >= 11 is 0. The summed E-state index contributed by atoms with van der Waals surface area (Å²) in [5.41, 5.74) is 3.07. The summed E-state index contributed by atoms with van der Waals surface area (Å²) in [4.78, 5) is 13.0. The Balaban J connectivity index is 1.80. The lowest BCUT2D eigenvalue weighted by Gasteiger charge is -2.33. The molecule has 2 aromatic heterocycles. The zero-order valence-electron chi connectivity index (χ0n) is 13.6. The van der Waals surface area contributed by atoms with E-state index in [0.29, 0.717) is 18.4 Å². The fourth-order valence-corrected chi connectivity index (χ4v) is 3.18. The SMILES string of the molecule is Cc1cc2c([C@H]3C[C@@H]3CN(C(=O)O)C(C)(C)C)cccn2n1. The Hall–Kier alpha value is -2.04. The standard InChI is InChI=1S/C17H23N3O2/c1-11-8-15-13(6-5-7-20(15)18-11)14-9-12(14)10-19(16(21)22)17(2,3)4/h5-8,12,14H,9-10H2,1-4H3,(H,21,22)/t12-,14+/m1/s1. The molecule has 0 spiro atoms. The Labute approximate surface area is 130 Å². The van der Waals surface area contributed by atoms with Gasteiger partial charge in [0.05, 0.1) is 11.2 Å². The minimum absolute atomic E-state index is 0.363. The van der Waals surface area contributed by atoms with Crippen molar-refractivity contribution in [1.82, 2.24) is 14.5 Å². The highest BCUT2D eigenvalue weighted by atomic mass is 16.4. The summed E-state index contributed by atoms with van der Waals surface area (Å²) in [6, 6.07) is 6.26. The van der Waals surface area contributed by atoms with Crippen molar-refractivity contribution in [1.29, 1.82) is 0 Å². The van der Waals surface area contributed by atoms with Crippen LogP contribution in [0.25, 0.3) is 5.52 Å². The van der Waals surface area contributed by atoms with Gasteiger partial charge in [0.25, 0.3) is 0 Å². The molecule has 1 fully saturated rings. The van der Waals surface area contributed by atoms with Gasteiger partial charge in [0.1, 0.15) is 0 Å². The van der Waals surface area contributed by atoms with Crippen molar-refractivity contribution < 1.29 is 9.90 Å². The van der Waals surface area contributed by atoms with Gasteiger partial charge in [-0.05, 0) is 63.6 Å². The molecule has 5 nitrogen and oxygen atoms in total. The molecule has 3 rings (SSSR count). The van der Waals surface area contributed by atoms with Gasteiger partial charge in [-0.1, -0.05) is 6.07 Å². The van der Waals surface area contributed by atoms with E-state index in [1.165, 1.54) is 5.56 Å². The van der Waals surface area contributed by atoms with Crippen molar-refractivity contribution in [2.45, 2.75) is 45.6 Å². The first-order chi connectivity index (χ1) is 10.3. The summed E-state index contributed by atoms with van der Waals surface area (Å²) in [5, 5.41) is 13.9. The van der Waals surface area contributed by atoms with Crippen LogP contribution in [-0.2, 0) is 0 Å². The molecule has 1 aliphatic carbocycles. The Bertz CT molecular complexity index is 714. The van der Waals surface area contributed by atoms with Crippen molar-refractivity contribution in [3.8, 4) is 0 Å². The van der Waals surface area contributed by atoms with Crippen LogP contribution in [0.1, 0.15) is 44.4 Å².